The molecule has 1 fully saturated rings. The first kappa shape index (κ1) is 12.0. The lowest BCUT2D eigenvalue weighted by Gasteiger charge is -2.22. The molecule has 84 valence electrons. The van der Waals surface area contributed by atoms with Crippen molar-refractivity contribution in [1.29, 1.82) is 0 Å². The third-order valence-electron chi connectivity index (χ3n) is 2.88. The fraction of sp³-hybridized carbons (Fsp3) is 1.00. The van der Waals surface area contributed by atoms with Gasteiger partial charge in [0.05, 0.1) is 12.2 Å². The summed E-state index contributed by atoms with van der Waals surface area (Å²) in [5.41, 5.74) is -0.0525. The zero-order valence-electron chi connectivity index (χ0n) is 9.64. The molecule has 1 aliphatic rings. The number of hydrogen-bond donors (Lipinski definition) is 1. The fourth-order valence-electron chi connectivity index (χ4n) is 1.54. The molecule has 1 N–H and O–H groups in total. The van der Waals surface area contributed by atoms with Crippen LogP contribution in [0.15, 0.2) is 0 Å². The molecule has 0 aromatic rings. The molecule has 1 atom stereocenters. The Morgan fingerprint density at radius 3 is 2.79 bits per heavy atom. The Bertz CT molecular complexity index is 153. The second-order valence-corrected chi connectivity index (χ2v) is 4.58. The second kappa shape index (κ2) is 5.69. The predicted octanol–water partition coefficient (Wildman–Crippen LogP) is 1.57. The Labute approximate surface area is 87.2 Å². The molecule has 0 bridgehead atoms. The second-order valence-electron chi connectivity index (χ2n) is 4.58. The summed E-state index contributed by atoms with van der Waals surface area (Å²) >= 11 is 0. The van der Waals surface area contributed by atoms with Crippen molar-refractivity contribution >= 4 is 0 Å². The monoisotopic (exact) mass is 201 g/mol. The molecule has 0 aromatic heterocycles. The summed E-state index contributed by atoms with van der Waals surface area (Å²) in [4.78, 5) is 0. The van der Waals surface area contributed by atoms with E-state index in [1.54, 1.807) is 7.11 Å². The SMILES string of the molecule is COC(C)(C)CCOCC1CCCN1. The highest BCUT2D eigenvalue weighted by molar-refractivity contribution is 4.73. The van der Waals surface area contributed by atoms with Gasteiger partial charge in [-0.15, -0.1) is 0 Å². The molecule has 1 saturated heterocycles. The average Bonchev–Trinajstić information content (AvgIpc) is 2.65. The maximum Gasteiger partial charge on any atom is 0.0644 e. The van der Waals surface area contributed by atoms with Gasteiger partial charge in [0.15, 0.2) is 0 Å². The third-order valence-corrected chi connectivity index (χ3v) is 2.88. The minimum atomic E-state index is -0.0525. The highest BCUT2D eigenvalue weighted by Gasteiger charge is 2.17. The molecule has 0 aliphatic carbocycles. The first-order valence-corrected chi connectivity index (χ1v) is 5.50. The van der Waals surface area contributed by atoms with E-state index in [4.69, 9.17) is 9.47 Å². The summed E-state index contributed by atoms with van der Waals surface area (Å²) in [6, 6.07) is 0.584. The topological polar surface area (TPSA) is 30.5 Å². The lowest BCUT2D eigenvalue weighted by Crippen LogP contribution is -2.29. The van der Waals surface area contributed by atoms with Crippen LogP contribution in [0.25, 0.3) is 0 Å². The van der Waals surface area contributed by atoms with Crippen LogP contribution in [-0.2, 0) is 9.47 Å². The molecule has 1 rings (SSSR count). The molecule has 1 unspecified atom stereocenters. The van der Waals surface area contributed by atoms with Crippen LogP contribution in [0.2, 0.25) is 0 Å². The molecule has 0 saturated carbocycles. The maximum atomic E-state index is 5.61. The van der Waals surface area contributed by atoms with Crippen LogP contribution in [0.1, 0.15) is 33.1 Å². The van der Waals surface area contributed by atoms with Crippen molar-refractivity contribution in [2.45, 2.75) is 44.8 Å². The van der Waals surface area contributed by atoms with Gasteiger partial charge in [0.2, 0.25) is 0 Å². The number of nitrogens with one attached hydrogen (secondary N) is 1. The van der Waals surface area contributed by atoms with Crippen LogP contribution in [-0.4, -0.2) is 38.5 Å². The van der Waals surface area contributed by atoms with Crippen molar-refractivity contribution in [1.82, 2.24) is 5.32 Å². The molecular formula is C11H23NO2. The minimum Gasteiger partial charge on any atom is -0.380 e. The van der Waals surface area contributed by atoms with Crippen molar-refractivity contribution in [3.8, 4) is 0 Å². The zero-order chi connectivity index (χ0) is 10.4. The van der Waals surface area contributed by atoms with Crippen LogP contribution in [0.5, 0.6) is 0 Å². The van der Waals surface area contributed by atoms with Gasteiger partial charge >= 0.3 is 0 Å². The van der Waals surface area contributed by atoms with E-state index in [-0.39, 0.29) is 5.60 Å². The summed E-state index contributed by atoms with van der Waals surface area (Å²) in [6.07, 6.45) is 3.50. The summed E-state index contributed by atoms with van der Waals surface area (Å²) < 4.78 is 10.9. The van der Waals surface area contributed by atoms with Gasteiger partial charge < -0.3 is 14.8 Å². The lowest BCUT2D eigenvalue weighted by atomic mass is 10.1. The number of methoxy groups -OCH3 is 1. The van der Waals surface area contributed by atoms with Gasteiger partial charge in [-0.05, 0) is 39.7 Å². The van der Waals surface area contributed by atoms with E-state index in [0.717, 1.165) is 26.2 Å². The van der Waals surface area contributed by atoms with Crippen LogP contribution in [0.4, 0.5) is 0 Å². The quantitative estimate of drug-likeness (QED) is 0.662. The Morgan fingerprint density at radius 1 is 1.43 bits per heavy atom. The maximum absolute atomic E-state index is 5.61. The highest BCUT2D eigenvalue weighted by atomic mass is 16.5. The van der Waals surface area contributed by atoms with Gasteiger partial charge in [-0.3, -0.25) is 0 Å². The molecule has 1 heterocycles. The van der Waals surface area contributed by atoms with Gasteiger partial charge in [-0.2, -0.15) is 0 Å². The molecule has 0 spiro atoms. The first-order chi connectivity index (χ1) is 6.64. The smallest absolute Gasteiger partial charge is 0.0644 e. The van der Waals surface area contributed by atoms with Crippen LogP contribution in [0, 0.1) is 0 Å². The summed E-state index contributed by atoms with van der Waals surface area (Å²) in [5.74, 6) is 0. The molecular weight excluding hydrogens is 178 g/mol. The fourth-order valence-corrected chi connectivity index (χ4v) is 1.54. The Hall–Kier alpha value is -0.120. The van der Waals surface area contributed by atoms with Crippen molar-refractivity contribution in [3.63, 3.8) is 0 Å². The standard InChI is InChI=1S/C11H23NO2/c1-11(2,13-3)6-8-14-9-10-5-4-7-12-10/h10,12H,4-9H2,1-3H3. The lowest BCUT2D eigenvalue weighted by molar-refractivity contribution is -0.0118. The summed E-state index contributed by atoms with van der Waals surface area (Å²) in [5, 5.41) is 3.41. The highest BCUT2D eigenvalue weighted by Crippen LogP contribution is 2.13. The molecule has 0 amide bonds. The average molecular weight is 201 g/mol. The molecule has 3 nitrogen and oxygen atoms in total. The van der Waals surface area contributed by atoms with Crippen molar-refractivity contribution < 1.29 is 9.47 Å². The zero-order valence-corrected chi connectivity index (χ0v) is 9.64. The molecule has 3 heteroatoms. The van der Waals surface area contributed by atoms with Crippen LogP contribution >= 0.6 is 0 Å². The van der Waals surface area contributed by atoms with E-state index in [9.17, 15) is 0 Å². The van der Waals surface area contributed by atoms with Crippen molar-refractivity contribution in [2.24, 2.45) is 0 Å². The molecule has 0 radical (unpaired) electrons. The van der Waals surface area contributed by atoms with E-state index >= 15 is 0 Å². The molecule has 14 heavy (non-hydrogen) atoms. The summed E-state index contributed by atoms with van der Waals surface area (Å²) in [6.45, 7) is 6.96. The Morgan fingerprint density at radius 2 is 2.21 bits per heavy atom. The largest absolute Gasteiger partial charge is 0.380 e. The van der Waals surface area contributed by atoms with E-state index in [0.29, 0.717) is 6.04 Å². The molecule has 0 aromatic carbocycles. The Kier molecular flexibility index (Phi) is 4.85. The molecule has 1 aliphatic heterocycles. The van der Waals surface area contributed by atoms with Gasteiger partial charge in [0.25, 0.3) is 0 Å². The predicted molar refractivity (Wildman–Crippen MR) is 57.5 cm³/mol. The first-order valence-electron chi connectivity index (χ1n) is 5.50. The van der Waals surface area contributed by atoms with E-state index in [1.165, 1.54) is 12.8 Å². The number of hydrogen-bond acceptors (Lipinski definition) is 3. The van der Waals surface area contributed by atoms with E-state index in [1.807, 2.05) is 0 Å². The van der Waals surface area contributed by atoms with Crippen molar-refractivity contribution in [3.05, 3.63) is 0 Å². The number of ether oxygens (including phenoxy) is 2. The van der Waals surface area contributed by atoms with Crippen molar-refractivity contribution in [2.75, 3.05) is 26.9 Å². The van der Waals surface area contributed by atoms with Gasteiger partial charge in [0, 0.05) is 19.8 Å². The van der Waals surface area contributed by atoms with Crippen LogP contribution in [0.3, 0.4) is 0 Å². The van der Waals surface area contributed by atoms with Gasteiger partial charge in [-0.1, -0.05) is 0 Å². The van der Waals surface area contributed by atoms with E-state index < -0.39 is 0 Å². The minimum absolute atomic E-state index is 0.0525. The van der Waals surface area contributed by atoms with E-state index in [2.05, 4.69) is 19.2 Å². The Balaban J connectivity index is 1.98. The summed E-state index contributed by atoms with van der Waals surface area (Å²) in [7, 11) is 1.75. The number of rotatable bonds is 6. The van der Waals surface area contributed by atoms with Gasteiger partial charge in [-0.25, -0.2) is 0 Å². The van der Waals surface area contributed by atoms with Gasteiger partial charge in [0.1, 0.15) is 0 Å². The third kappa shape index (κ3) is 4.40. The van der Waals surface area contributed by atoms with Crippen LogP contribution < -0.4 is 5.32 Å². The normalized spacial score (nSPS) is 22.9.